The summed E-state index contributed by atoms with van der Waals surface area (Å²) in [5.74, 6) is -1.62. The zero-order chi connectivity index (χ0) is 13.2. The van der Waals surface area contributed by atoms with Gasteiger partial charge in [-0.3, -0.25) is 4.79 Å². The monoisotopic (exact) mass is 412 g/mol. The van der Waals surface area contributed by atoms with E-state index >= 15 is 0 Å². The Morgan fingerprint density at radius 3 is 2.47 bits per heavy atom. The first kappa shape index (κ1) is 14.6. The van der Waals surface area contributed by atoms with E-state index in [4.69, 9.17) is 5.11 Å². The van der Waals surface area contributed by atoms with E-state index in [0.29, 0.717) is 3.57 Å². The number of aliphatic hydroxyl groups excluding tert-OH is 1. The third kappa shape index (κ3) is 3.26. The second-order valence-corrected chi connectivity index (χ2v) is 5.96. The number of carbonyl (C=O) groups is 2. The molecular formula is C11H10BrIO4. The Morgan fingerprint density at radius 1 is 1.41 bits per heavy atom. The molecule has 0 aliphatic heterocycles. The first-order valence-corrected chi connectivity index (χ1v) is 6.73. The summed E-state index contributed by atoms with van der Waals surface area (Å²) in [4.78, 5) is 22.3. The molecule has 0 amide bonds. The Morgan fingerprint density at radius 2 is 2.00 bits per heavy atom. The van der Waals surface area contributed by atoms with E-state index in [1.165, 1.54) is 6.07 Å². The van der Waals surface area contributed by atoms with E-state index in [9.17, 15) is 14.7 Å². The summed E-state index contributed by atoms with van der Waals surface area (Å²) in [6.07, 6.45) is -1.69. The van der Waals surface area contributed by atoms with Gasteiger partial charge in [0.1, 0.15) is 0 Å². The van der Waals surface area contributed by atoms with Gasteiger partial charge < -0.3 is 10.2 Å². The van der Waals surface area contributed by atoms with Crippen LogP contribution in [-0.2, 0) is 4.79 Å². The molecule has 0 radical (unpaired) electrons. The lowest BCUT2D eigenvalue weighted by atomic mass is 9.98. The molecule has 2 N–H and O–H groups in total. The lowest BCUT2D eigenvalue weighted by molar-refractivity contribution is -0.147. The summed E-state index contributed by atoms with van der Waals surface area (Å²) in [7, 11) is 0. The Bertz CT molecular complexity index is 459. The average molecular weight is 413 g/mol. The maximum atomic E-state index is 11.9. The Hall–Kier alpha value is -0.470. The summed E-state index contributed by atoms with van der Waals surface area (Å²) in [5, 5.41) is 18.4. The number of alkyl halides is 1. The van der Waals surface area contributed by atoms with E-state index in [1.54, 1.807) is 19.1 Å². The highest BCUT2D eigenvalue weighted by Gasteiger charge is 2.26. The first-order valence-electron chi connectivity index (χ1n) is 4.73. The van der Waals surface area contributed by atoms with Gasteiger partial charge in [0, 0.05) is 14.7 Å². The lowest BCUT2D eigenvalue weighted by Crippen LogP contribution is -2.19. The zero-order valence-corrected chi connectivity index (χ0v) is 12.6. The summed E-state index contributed by atoms with van der Waals surface area (Å²) in [6, 6.07) is 4.82. The highest BCUT2D eigenvalue weighted by Crippen LogP contribution is 2.26. The van der Waals surface area contributed by atoms with Gasteiger partial charge in [-0.25, -0.2) is 4.79 Å². The topological polar surface area (TPSA) is 74.6 Å². The van der Waals surface area contributed by atoms with Gasteiger partial charge in [0.2, 0.25) is 0 Å². The maximum absolute atomic E-state index is 11.9. The molecule has 0 heterocycles. The van der Waals surface area contributed by atoms with Crippen molar-refractivity contribution in [1.29, 1.82) is 0 Å². The van der Waals surface area contributed by atoms with Crippen molar-refractivity contribution in [1.82, 2.24) is 0 Å². The fourth-order valence-electron chi connectivity index (χ4n) is 1.37. The minimum atomic E-state index is -1.69. The van der Waals surface area contributed by atoms with Crippen molar-refractivity contribution in [2.24, 2.45) is 0 Å². The SMILES string of the molecule is CC(Br)C(=O)c1cccc(I)c1C(O)C(=O)O. The van der Waals surface area contributed by atoms with Crippen LogP contribution >= 0.6 is 38.5 Å². The molecule has 2 atom stereocenters. The maximum Gasteiger partial charge on any atom is 0.337 e. The predicted molar refractivity (Wildman–Crippen MR) is 74.5 cm³/mol. The normalized spacial score (nSPS) is 14.1. The quantitative estimate of drug-likeness (QED) is 0.452. The molecule has 0 saturated heterocycles. The number of rotatable bonds is 4. The smallest absolute Gasteiger partial charge is 0.337 e. The molecule has 92 valence electrons. The Labute approximate surface area is 120 Å². The van der Waals surface area contributed by atoms with Crippen LogP contribution < -0.4 is 0 Å². The molecule has 4 nitrogen and oxygen atoms in total. The number of hydrogen-bond acceptors (Lipinski definition) is 3. The van der Waals surface area contributed by atoms with Gasteiger partial charge in [-0.2, -0.15) is 0 Å². The van der Waals surface area contributed by atoms with E-state index < -0.39 is 16.9 Å². The van der Waals surface area contributed by atoms with Gasteiger partial charge in [0.25, 0.3) is 0 Å². The largest absolute Gasteiger partial charge is 0.479 e. The molecule has 6 heteroatoms. The second-order valence-electron chi connectivity index (χ2n) is 3.42. The number of halogens is 2. The van der Waals surface area contributed by atoms with Crippen LogP contribution in [0.2, 0.25) is 0 Å². The van der Waals surface area contributed by atoms with Gasteiger partial charge in [0.05, 0.1) is 4.83 Å². The molecule has 0 saturated carbocycles. The van der Waals surface area contributed by atoms with E-state index in [2.05, 4.69) is 15.9 Å². The van der Waals surface area contributed by atoms with Crippen LogP contribution in [0, 0.1) is 3.57 Å². The molecule has 0 aliphatic carbocycles. The molecule has 2 unspecified atom stereocenters. The van der Waals surface area contributed by atoms with E-state index in [-0.39, 0.29) is 16.9 Å². The minimum Gasteiger partial charge on any atom is -0.479 e. The van der Waals surface area contributed by atoms with Crippen LogP contribution in [0.3, 0.4) is 0 Å². The van der Waals surface area contributed by atoms with Gasteiger partial charge in [-0.1, -0.05) is 28.1 Å². The number of benzene rings is 1. The molecule has 0 aliphatic rings. The minimum absolute atomic E-state index is 0.150. The number of carbonyl (C=O) groups excluding carboxylic acids is 1. The van der Waals surface area contributed by atoms with Crippen molar-refractivity contribution >= 4 is 50.3 Å². The first-order chi connectivity index (χ1) is 7.86. The van der Waals surface area contributed by atoms with Crippen LogP contribution in [0.1, 0.15) is 28.9 Å². The standard InChI is InChI=1S/C11H10BrIO4/c1-5(12)9(14)6-3-2-4-7(13)8(6)10(15)11(16)17/h2-5,10,15H,1H3,(H,16,17). The molecule has 1 rings (SSSR count). The number of aliphatic hydroxyl groups is 1. The van der Waals surface area contributed by atoms with Crippen LogP contribution in [0.15, 0.2) is 18.2 Å². The molecule has 0 bridgehead atoms. The Balaban J connectivity index is 3.36. The predicted octanol–water partition coefficient (Wildman–Crippen LogP) is 2.38. The fourth-order valence-corrected chi connectivity index (χ4v) is 2.41. The highest BCUT2D eigenvalue weighted by atomic mass is 127. The molecule has 0 aromatic heterocycles. The summed E-state index contributed by atoms with van der Waals surface area (Å²) in [5.41, 5.74) is 0.382. The average Bonchev–Trinajstić information content (AvgIpc) is 2.26. The number of hydrogen-bond donors (Lipinski definition) is 2. The summed E-state index contributed by atoms with van der Waals surface area (Å²) < 4.78 is 0.552. The third-order valence-electron chi connectivity index (χ3n) is 2.19. The van der Waals surface area contributed by atoms with Crippen LogP contribution in [0.25, 0.3) is 0 Å². The molecular weight excluding hydrogens is 403 g/mol. The van der Waals surface area contributed by atoms with E-state index in [0.717, 1.165) is 0 Å². The van der Waals surface area contributed by atoms with Crippen LogP contribution in [0.5, 0.6) is 0 Å². The van der Waals surface area contributed by atoms with Gasteiger partial charge >= 0.3 is 5.97 Å². The van der Waals surface area contributed by atoms with Crippen molar-refractivity contribution in [3.05, 3.63) is 32.9 Å². The number of aliphatic carboxylic acids is 1. The number of Topliss-reactive ketones (excluding diaryl/α,β-unsaturated/α-hetero) is 1. The molecule has 17 heavy (non-hydrogen) atoms. The fraction of sp³-hybridized carbons (Fsp3) is 0.273. The van der Waals surface area contributed by atoms with Crippen molar-refractivity contribution in [3.8, 4) is 0 Å². The lowest BCUT2D eigenvalue weighted by Gasteiger charge is -2.14. The molecule has 1 aromatic carbocycles. The van der Waals surface area contributed by atoms with Crippen LogP contribution in [-0.4, -0.2) is 26.8 Å². The van der Waals surface area contributed by atoms with Crippen molar-refractivity contribution < 1.29 is 19.8 Å². The van der Waals surface area contributed by atoms with Gasteiger partial charge in [0.15, 0.2) is 11.9 Å². The summed E-state index contributed by atoms with van der Waals surface area (Å²) >= 11 is 5.04. The number of carboxylic acids is 1. The zero-order valence-electron chi connectivity index (χ0n) is 8.85. The van der Waals surface area contributed by atoms with Crippen LogP contribution in [0.4, 0.5) is 0 Å². The Kier molecular flexibility index (Phi) is 5.08. The van der Waals surface area contributed by atoms with Gasteiger partial charge in [-0.05, 0) is 35.6 Å². The van der Waals surface area contributed by atoms with Gasteiger partial charge in [-0.15, -0.1) is 0 Å². The third-order valence-corrected chi connectivity index (χ3v) is 3.54. The van der Waals surface area contributed by atoms with Crippen molar-refractivity contribution in [3.63, 3.8) is 0 Å². The molecule has 0 fully saturated rings. The summed E-state index contributed by atoms with van der Waals surface area (Å²) in [6.45, 7) is 1.65. The van der Waals surface area contributed by atoms with E-state index in [1.807, 2.05) is 22.6 Å². The molecule has 0 spiro atoms. The number of carboxylic acid groups (broad SMARTS) is 1. The second kappa shape index (κ2) is 5.92. The van der Waals surface area contributed by atoms with Crippen molar-refractivity contribution in [2.75, 3.05) is 0 Å². The highest BCUT2D eigenvalue weighted by molar-refractivity contribution is 14.1. The number of ketones is 1. The molecule has 1 aromatic rings. The van der Waals surface area contributed by atoms with Crippen molar-refractivity contribution in [2.45, 2.75) is 17.9 Å².